The zero-order chi connectivity index (χ0) is 15.1. The highest BCUT2D eigenvalue weighted by molar-refractivity contribution is 7.98. The fourth-order valence-corrected chi connectivity index (χ4v) is 2.83. The van der Waals surface area contributed by atoms with Crippen LogP contribution in [0.3, 0.4) is 0 Å². The molecule has 21 heavy (non-hydrogen) atoms. The van der Waals surface area contributed by atoms with E-state index in [4.69, 9.17) is 14.2 Å². The van der Waals surface area contributed by atoms with Crippen molar-refractivity contribution in [3.63, 3.8) is 0 Å². The van der Waals surface area contributed by atoms with Gasteiger partial charge in [-0.3, -0.25) is 0 Å². The Bertz CT molecular complexity index is 533. The standard InChI is InChI=1S/C17H20O3S/c1-18-15-8-4-13(5-9-15)12-21-16-10-6-14(7-11-16)17(19-2)20-3/h4-11,17H,12H2,1-3H3. The predicted octanol–water partition coefficient (Wildman–Crippen LogP) is 4.28. The number of benzene rings is 2. The average Bonchev–Trinajstić information content (AvgIpc) is 2.55. The molecule has 2 rings (SSSR count). The molecule has 112 valence electrons. The van der Waals surface area contributed by atoms with E-state index in [1.165, 1.54) is 10.5 Å². The van der Waals surface area contributed by atoms with Crippen molar-refractivity contribution in [1.82, 2.24) is 0 Å². The van der Waals surface area contributed by atoms with E-state index < -0.39 is 0 Å². The fraction of sp³-hybridized carbons (Fsp3) is 0.294. The second-order valence-corrected chi connectivity index (χ2v) is 5.56. The topological polar surface area (TPSA) is 27.7 Å². The van der Waals surface area contributed by atoms with Gasteiger partial charge >= 0.3 is 0 Å². The molecule has 0 amide bonds. The van der Waals surface area contributed by atoms with Crippen LogP contribution in [0, 0.1) is 0 Å². The molecule has 4 heteroatoms. The summed E-state index contributed by atoms with van der Waals surface area (Å²) in [6.07, 6.45) is -0.300. The van der Waals surface area contributed by atoms with E-state index >= 15 is 0 Å². The van der Waals surface area contributed by atoms with Crippen LogP contribution in [-0.2, 0) is 15.2 Å². The van der Waals surface area contributed by atoms with Gasteiger partial charge in [0.05, 0.1) is 7.11 Å². The second kappa shape index (κ2) is 8.08. The summed E-state index contributed by atoms with van der Waals surface area (Å²) in [4.78, 5) is 1.22. The molecule has 0 bridgehead atoms. The Hall–Kier alpha value is -1.49. The quantitative estimate of drug-likeness (QED) is 0.564. The SMILES string of the molecule is COc1ccc(CSc2ccc(C(OC)OC)cc2)cc1. The monoisotopic (exact) mass is 304 g/mol. The van der Waals surface area contributed by atoms with Crippen molar-refractivity contribution in [2.24, 2.45) is 0 Å². The van der Waals surface area contributed by atoms with E-state index in [1.807, 2.05) is 24.3 Å². The lowest BCUT2D eigenvalue weighted by Crippen LogP contribution is -2.02. The molecule has 0 unspecified atom stereocenters. The van der Waals surface area contributed by atoms with Crippen molar-refractivity contribution in [2.75, 3.05) is 21.3 Å². The van der Waals surface area contributed by atoms with Gasteiger partial charge in [-0.2, -0.15) is 0 Å². The predicted molar refractivity (Wildman–Crippen MR) is 85.8 cm³/mol. The van der Waals surface area contributed by atoms with Crippen LogP contribution in [0.4, 0.5) is 0 Å². The third kappa shape index (κ3) is 4.49. The molecule has 0 N–H and O–H groups in total. The lowest BCUT2D eigenvalue weighted by atomic mass is 10.2. The Labute approximate surface area is 130 Å². The molecule has 0 aromatic heterocycles. The van der Waals surface area contributed by atoms with Crippen LogP contribution in [0.5, 0.6) is 5.75 Å². The summed E-state index contributed by atoms with van der Waals surface area (Å²) in [6, 6.07) is 16.4. The maximum atomic E-state index is 5.24. The van der Waals surface area contributed by atoms with Gasteiger partial charge in [-0.25, -0.2) is 0 Å². The normalized spacial score (nSPS) is 10.9. The van der Waals surface area contributed by atoms with Crippen LogP contribution in [0.1, 0.15) is 17.4 Å². The van der Waals surface area contributed by atoms with E-state index in [2.05, 4.69) is 24.3 Å². The lowest BCUT2D eigenvalue weighted by molar-refractivity contribution is -0.106. The Kier molecular flexibility index (Phi) is 6.11. The first-order valence-corrected chi connectivity index (χ1v) is 7.66. The summed E-state index contributed by atoms with van der Waals surface area (Å²) in [5, 5.41) is 0. The first kappa shape index (κ1) is 15.9. The minimum atomic E-state index is -0.300. The zero-order valence-electron chi connectivity index (χ0n) is 12.5. The zero-order valence-corrected chi connectivity index (χ0v) is 13.4. The maximum absolute atomic E-state index is 5.24. The number of thioether (sulfide) groups is 1. The number of ether oxygens (including phenoxy) is 3. The molecule has 0 atom stereocenters. The number of hydrogen-bond donors (Lipinski definition) is 0. The van der Waals surface area contributed by atoms with Crippen molar-refractivity contribution < 1.29 is 14.2 Å². The second-order valence-electron chi connectivity index (χ2n) is 4.51. The summed E-state index contributed by atoms with van der Waals surface area (Å²) in [5.41, 5.74) is 2.30. The molecule has 0 aliphatic rings. The van der Waals surface area contributed by atoms with Crippen LogP contribution in [0.2, 0.25) is 0 Å². The van der Waals surface area contributed by atoms with Gasteiger partial charge in [-0.15, -0.1) is 11.8 Å². The molecular formula is C17H20O3S. The molecule has 3 nitrogen and oxygen atoms in total. The van der Waals surface area contributed by atoms with Crippen LogP contribution in [0.25, 0.3) is 0 Å². The highest BCUT2D eigenvalue weighted by atomic mass is 32.2. The van der Waals surface area contributed by atoms with Gasteiger partial charge in [-0.1, -0.05) is 24.3 Å². The van der Waals surface area contributed by atoms with Gasteiger partial charge < -0.3 is 14.2 Å². The Morgan fingerprint density at radius 2 is 1.48 bits per heavy atom. The van der Waals surface area contributed by atoms with E-state index in [-0.39, 0.29) is 6.29 Å². The van der Waals surface area contributed by atoms with Crippen LogP contribution < -0.4 is 4.74 Å². The molecule has 0 saturated heterocycles. The molecule has 0 radical (unpaired) electrons. The minimum Gasteiger partial charge on any atom is -0.497 e. The summed E-state index contributed by atoms with van der Waals surface area (Å²) in [7, 11) is 4.96. The first-order chi connectivity index (χ1) is 10.3. The van der Waals surface area contributed by atoms with Crippen LogP contribution in [-0.4, -0.2) is 21.3 Å². The largest absolute Gasteiger partial charge is 0.497 e. The van der Waals surface area contributed by atoms with E-state index in [0.29, 0.717) is 0 Å². The van der Waals surface area contributed by atoms with Gasteiger partial charge in [0.2, 0.25) is 0 Å². The van der Waals surface area contributed by atoms with Crippen LogP contribution >= 0.6 is 11.8 Å². The lowest BCUT2D eigenvalue weighted by Gasteiger charge is -2.13. The molecule has 0 saturated carbocycles. The van der Waals surface area contributed by atoms with Crippen molar-refractivity contribution in [3.8, 4) is 5.75 Å². The Morgan fingerprint density at radius 3 is 2.00 bits per heavy atom. The summed E-state index contributed by atoms with van der Waals surface area (Å²) in [5.74, 6) is 1.82. The van der Waals surface area contributed by atoms with Gasteiger partial charge in [-0.05, 0) is 29.8 Å². The van der Waals surface area contributed by atoms with Crippen molar-refractivity contribution >= 4 is 11.8 Å². The molecule has 0 fully saturated rings. The maximum Gasteiger partial charge on any atom is 0.183 e. The smallest absolute Gasteiger partial charge is 0.183 e. The van der Waals surface area contributed by atoms with Gasteiger partial charge in [0, 0.05) is 30.4 Å². The molecule has 2 aromatic carbocycles. The van der Waals surface area contributed by atoms with Crippen molar-refractivity contribution in [2.45, 2.75) is 16.9 Å². The fourth-order valence-electron chi connectivity index (χ4n) is 1.98. The minimum absolute atomic E-state index is 0.300. The average molecular weight is 304 g/mol. The summed E-state index contributed by atoms with van der Waals surface area (Å²) in [6.45, 7) is 0. The van der Waals surface area contributed by atoms with E-state index in [9.17, 15) is 0 Å². The van der Waals surface area contributed by atoms with Gasteiger partial charge in [0.25, 0.3) is 0 Å². The summed E-state index contributed by atoms with van der Waals surface area (Å²) >= 11 is 1.80. The first-order valence-electron chi connectivity index (χ1n) is 6.68. The molecular weight excluding hydrogens is 284 g/mol. The third-order valence-corrected chi connectivity index (χ3v) is 4.23. The molecule has 0 spiro atoms. The van der Waals surface area contributed by atoms with Gasteiger partial charge in [0.15, 0.2) is 6.29 Å². The van der Waals surface area contributed by atoms with Crippen molar-refractivity contribution in [3.05, 3.63) is 59.7 Å². The molecule has 0 heterocycles. The highest BCUT2D eigenvalue weighted by Gasteiger charge is 2.08. The van der Waals surface area contributed by atoms with Crippen LogP contribution in [0.15, 0.2) is 53.4 Å². The molecule has 0 aliphatic carbocycles. The highest BCUT2D eigenvalue weighted by Crippen LogP contribution is 2.26. The van der Waals surface area contributed by atoms with Gasteiger partial charge in [0.1, 0.15) is 5.75 Å². The number of rotatable bonds is 7. The number of hydrogen-bond acceptors (Lipinski definition) is 4. The Balaban J connectivity index is 1.93. The van der Waals surface area contributed by atoms with Crippen molar-refractivity contribution in [1.29, 1.82) is 0 Å². The Morgan fingerprint density at radius 1 is 0.857 bits per heavy atom. The third-order valence-electron chi connectivity index (χ3n) is 3.14. The van der Waals surface area contributed by atoms with E-state index in [0.717, 1.165) is 17.1 Å². The summed E-state index contributed by atoms with van der Waals surface area (Å²) < 4.78 is 15.6. The number of methoxy groups -OCH3 is 3. The van der Waals surface area contributed by atoms with E-state index in [1.54, 1.807) is 33.1 Å². The molecule has 2 aromatic rings. The molecule has 0 aliphatic heterocycles.